The monoisotopic (exact) mass is 351 g/mol. The van der Waals surface area contributed by atoms with Gasteiger partial charge in [-0.1, -0.05) is 41.1 Å². The third kappa shape index (κ3) is 3.78. The number of halogens is 1. The Morgan fingerprint density at radius 2 is 2.00 bits per heavy atom. The van der Waals surface area contributed by atoms with Gasteiger partial charge in [0.2, 0.25) is 0 Å². The molecule has 1 atom stereocenters. The standard InChI is InChI=1S/C16H18BrNOS/c1-3-18(11-15-5-4-10-20-15)12(2)16(19)13-6-8-14(17)9-7-13/h4-10,12H,3,11H2,1-2H3. The molecule has 0 radical (unpaired) electrons. The van der Waals surface area contributed by atoms with Crippen molar-refractivity contribution >= 4 is 33.0 Å². The lowest BCUT2D eigenvalue weighted by atomic mass is 10.0. The lowest BCUT2D eigenvalue weighted by molar-refractivity contribution is 0.0837. The molecule has 106 valence electrons. The van der Waals surface area contributed by atoms with Crippen LogP contribution in [0.3, 0.4) is 0 Å². The fraction of sp³-hybridized carbons (Fsp3) is 0.312. The van der Waals surface area contributed by atoms with E-state index < -0.39 is 0 Å². The van der Waals surface area contributed by atoms with E-state index in [1.165, 1.54) is 4.88 Å². The lowest BCUT2D eigenvalue weighted by Gasteiger charge is -2.26. The third-order valence-corrected chi connectivity index (χ3v) is 4.79. The highest BCUT2D eigenvalue weighted by Gasteiger charge is 2.21. The van der Waals surface area contributed by atoms with Crippen LogP contribution in [0.5, 0.6) is 0 Å². The van der Waals surface area contributed by atoms with Crippen LogP contribution < -0.4 is 0 Å². The molecule has 0 amide bonds. The SMILES string of the molecule is CCN(Cc1cccs1)C(C)C(=O)c1ccc(Br)cc1. The molecule has 0 aliphatic heterocycles. The first-order chi connectivity index (χ1) is 9.61. The Morgan fingerprint density at radius 1 is 1.30 bits per heavy atom. The van der Waals surface area contributed by atoms with Gasteiger partial charge >= 0.3 is 0 Å². The van der Waals surface area contributed by atoms with Gasteiger partial charge in [0.1, 0.15) is 0 Å². The molecule has 0 saturated carbocycles. The number of rotatable bonds is 6. The van der Waals surface area contributed by atoms with Crippen LogP contribution in [0.4, 0.5) is 0 Å². The zero-order valence-corrected chi connectivity index (χ0v) is 14.1. The van der Waals surface area contributed by atoms with Crippen LogP contribution in [0.2, 0.25) is 0 Å². The molecule has 4 heteroatoms. The topological polar surface area (TPSA) is 20.3 Å². The fourth-order valence-corrected chi connectivity index (χ4v) is 3.14. The van der Waals surface area contributed by atoms with Gasteiger partial charge in [0.25, 0.3) is 0 Å². The Balaban J connectivity index is 2.09. The van der Waals surface area contributed by atoms with Crippen LogP contribution in [-0.4, -0.2) is 23.3 Å². The minimum absolute atomic E-state index is 0.108. The number of carbonyl (C=O) groups excluding carboxylic acids is 1. The molecule has 1 heterocycles. The summed E-state index contributed by atoms with van der Waals surface area (Å²) < 4.78 is 0.993. The fourth-order valence-electron chi connectivity index (χ4n) is 2.15. The van der Waals surface area contributed by atoms with Gasteiger partial charge in [0, 0.05) is 21.5 Å². The minimum Gasteiger partial charge on any atom is -0.292 e. The maximum Gasteiger partial charge on any atom is 0.179 e. The van der Waals surface area contributed by atoms with Crippen LogP contribution in [0.25, 0.3) is 0 Å². The van der Waals surface area contributed by atoms with Gasteiger partial charge in [-0.05, 0) is 37.0 Å². The second kappa shape index (κ2) is 7.16. The van der Waals surface area contributed by atoms with Crippen LogP contribution in [0.1, 0.15) is 29.1 Å². The molecule has 0 fully saturated rings. The molecule has 0 aliphatic carbocycles. The van der Waals surface area contributed by atoms with Gasteiger partial charge in [-0.3, -0.25) is 9.69 Å². The Kier molecular flexibility index (Phi) is 5.52. The zero-order chi connectivity index (χ0) is 14.5. The smallest absolute Gasteiger partial charge is 0.179 e. The predicted octanol–water partition coefficient (Wildman–Crippen LogP) is 4.60. The Hall–Kier alpha value is -0.970. The summed E-state index contributed by atoms with van der Waals surface area (Å²) >= 11 is 5.13. The lowest BCUT2D eigenvalue weighted by Crippen LogP contribution is -2.38. The molecule has 0 N–H and O–H groups in total. The van der Waals surface area contributed by atoms with Gasteiger partial charge in [-0.25, -0.2) is 0 Å². The largest absolute Gasteiger partial charge is 0.292 e. The van der Waals surface area contributed by atoms with E-state index in [1.54, 1.807) is 11.3 Å². The van der Waals surface area contributed by atoms with E-state index in [4.69, 9.17) is 0 Å². The molecule has 0 spiro atoms. The summed E-state index contributed by atoms with van der Waals surface area (Å²) in [4.78, 5) is 16.0. The van der Waals surface area contributed by atoms with Crippen LogP contribution >= 0.6 is 27.3 Å². The Labute approximate surface area is 132 Å². The molecule has 2 aromatic rings. The minimum atomic E-state index is -0.108. The first kappa shape index (κ1) is 15.4. The first-order valence-electron chi connectivity index (χ1n) is 6.68. The number of carbonyl (C=O) groups is 1. The molecule has 1 aromatic heterocycles. The zero-order valence-electron chi connectivity index (χ0n) is 11.7. The second-order valence-electron chi connectivity index (χ2n) is 4.69. The molecular weight excluding hydrogens is 334 g/mol. The van der Waals surface area contributed by atoms with Crippen LogP contribution in [0, 0.1) is 0 Å². The summed E-state index contributed by atoms with van der Waals surface area (Å²) in [5.74, 6) is 0.177. The van der Waals surface area contributed by atoms with Gasteiger partial charge in [-0.2, -0.15) is 0 Å². The van der Waals surface area contributed by atoms with E-state index >= 15 is 0 Å². The molecule has 20 heavy (non-hydrogen) atoms. The summed E-state index contributed by atoms with van der Waals surface area (Å²) in [6, 6.07) is 11.6. The normalized spacial score (nSPS) is 12.6. The van der Waals surface area contributed by atoms with E-state index in [0.29, 0.717) is 0 Å². The van der Waals surface area contributed by atoms with E-state index in [2.05, 4.69) is 45.3 Å². The highest BCUT2D eigenvalue weighted by Crippen LogP contribution is 2.17. The average Bonchev–Trinajstić information content (AvgIpc) is 2.97. The molecule has 2 nitrogen and oxygen atoms in total. The number of thiophene rings is 1. The maximum atomic E-state index is 12.5. The van der Waals surface area contributed by atoms with Gasteiger partial charge in [0.15, 0.2) is 5.78 Å². The van der Waals surface area contributed by atoms with Gasteiger partial charge < -0.3 is 0 Å². The Bertz CT molecular complexity index is 550. The van der Waals surface area contributed by atoms with Crippen molar-refractivity contribution in [2.24, 2.45) is 0 Å². The van der Waals surface area contributed by atoms with E-state index in [9.17, 15) is 4.79 Å². The van der Waals surface area contributed by atoms with E-state index in [1.807, 2.05) is 31.2 Å². The van der Waals surface area contributed by atoms with Crippen LogP contribution in [-0.2, 0) is 6.54 Å². The van der Waals surface area contributed by atoms with Crippen molar-refractivity contribution in [1.29, 1.82) is 0 Å². The molecule has 0 bridgehead atoms. The molecule has 1 aromatic carbocycles. The van der Waals surface area contributed by atoms with Crippen molar-refractivity contribution in [2.45, 2.75) is 26.4 Å². The maximum absolute atomic E-state index is 12.5. The third-order valence-electron chi connectivity index (χ3n) is 3.40. The van der Waals surface area contributed by atoms with Crippen molar-refractivity contribution in [1.82, 2.24) is 4.90 Å². The van der Waals surface area contributed by atoms with E-state index in [-0.39, 0.29) is 11.8 Å². The first-order valence-corrected chi connectivity index (χ1v) is 8.35. The number of hydrogen-bond donors (Lipinski definition) is 0. The summed E-state index contributed by atoms with van der Waals surface area (Å²) in [5, 5.41) is 2.07. The molecular formula is C16H18BrNOS. The molecule has 2 rings (SSSR count). The van der Waals surface area contributed by atoms with Crippen molar-refractivity contribution < 1.29 is 4.79 Å². The van der Waals surface area contributed by atoms with Gasteiger partial charge in [-0.15, -0.1) is 11.3 Å². The number of nitrogens with zero attached hydrogens (tertiary/aromatic N) is 1. The van der Waals surface area contributed by atoms with Crippen molar-refractivity contribution in [3.63, 3.8) is 0 Å². The number of benzene rings is 1. The predicted molar refractivity (Wildman–Crippen MR) is 88.3 cm³/mol. The highest BCUT2D eigenvalue weighted by atomic mass is 79.9. The van der Waals surface area contributed by atoms with E-state index in [0.717, 1.165) is 23.1 Å². The number of hydrogen-bond acceptors (Lipinski definition) is 3. The Morgan fingerprint density at radius 3 is 2.55 bits per heavy atom. The molecule has 0 aliphatic rings. The summed E-state index contributed by atoms with van der Waals surface area (Å²) in [5.41, 5.74) is 0.769. The molecule has 0 saturated heterocycles. The molecule has 1 unspecified atom stereocenters. The highest BCUT2D eigenvalue weighted by molar-refractivity contribution is 9.10. The van der Waals surface area contributed by atoms with Crippen molar-refractivity contribution in [3.8, 4) is 0 Å². The summed E-state index contributed by atoms with van der Waals surface area (Å²) in [6.07, 6.45) is 0. The van der Waals surface area contributed by atoms with Crippen molar-refractivity contribution in [2.75, 3.05) is 6.54 Å². The van der Waals surface area contributed by atoms with Crippen molar-refractivity contribution in [3.05, 3.63) is 56.7 Å². The summed E-state index contributed by atoms with van der Waals surface area (Å²) in [7, 11) is 0. The summed E-state index contributed by atoms with van der Waals surface area (Å²) in [6.45, 7) is 5.78. The number of Topliss-reactive ketones (excluding diaryl/α,β-unsaturated/α-hetero) is 1. The van der Waals surface area contributed by atoms with Gasteiger partial charge in [0.05, 0.1) is 6.04 Å². The van der Waals surface area contributed by atoms with Crippen LogP contribution in [0.15, 0.2) is 46.3 Å². The average molecular weight is 352 g/mol. The number of likely N-dealkylation sites (N-methyl/N-ethyl adjacent to an activating group) is 1. The number of ketones is 1. The second-order valence-corrected chi connectivity index (χ2v) is 6.64. The quantitative estimate of drug-likeness (QED) is 0.708.